The Bertz CT molecular complexity index is 344. The molecule has 0 radical (unpaired) electrons. The van der Waals surface area contributed by atoms with Crippen molar-refractivity contribution in [1.82, 2.24) is 4.90 Å². The Morgan fingerprint density at radius 1 is 1.21 bits per heavy atom. The predicted molar refractivity (Wildman–Crippen MR) is 81.9 cm³/mol. The van der Waals surface area contributed by atoms with Crippen LogP contribution in [-0.2, 0) is 4.79 Å². The fraction of sp³-hybridized carbons (Fsp3) is 0.867. The lowest BCUT2D eigenvalue weighted by atomic mass is 9.78. The van der Waals surface area contributed by atoms with Crippen molar-refractivity contribution in [2.24, 2.45) is 17.1 Å². The van der Waals surface area contributed by atoms with Gasteiger partial charge in [-0.25, -0.2) is 0 Å². The van der Waals surface area contributed by atoms with Crippen LogP contribution >= 0.6 is 12.2 Å². The van der Waals surface area contributed by atoms with Crippen molar-refractivity contribution >= 4 is 23.1 Å². The maximum Gasteiger partial charge on any atom is 0.235 e. The highest BCUT2D eigenvalue weighted by atomic mass is 32.1. The molecular formula is C15H26N2OS. The molecule has 19 heavy (non-hydrogen) atoms. The van der Waals surface area contributed by atoms with Crippen molar-refractivity contribution in [2.45, 2.75) is 57.8 Å². The van der Waals surface area contributed by atoms with Gasteiger partial charge in [0.15, 0.2) is 0 Å². The van der Waals surface area contributed by atoms with Crippen LogP contribution in [0.25, 0.3) is 0 Å². The minimum Gasteiger partial charge on any atom is -0.392 e. The molecule has 0 aromatic heterocycles. The number of nitrogens with two attached hydrogens (primary N) is 1. The fourth-order valence-corrected chi connectivity index (χ4v) is 3.70. The fourth-order valence-electron chi connectivity index (χ4n) is 3.41. The lowest BCUT2D eigenvalue weighted by Gasteiger charge is -2.37. The Morgan fingerprint density at radius 2 is 1.79 bits per heavy atom. The number of nitrogens with zero attached hydrogens (tertiary/aromatic N) is 1. The van der Waals surface area contributed by atoms with E-state index < -0.39 is 5.41 Å². The Balaban J connectivity index is 2.07. The summed E-state index contributed by atoms with van der Waals surface area (Å²) in [5, 5.41) is 0. The Morgan fingerprint density at radius 3 is 2.21 bits per heavy atom. The van der Waals surface area contributed by atoms with Crippen LogP contribution in [0.2, 0.25) is 0 Å². The number of hydrogen-bond donors (Lipinski definition) is 1. The molecule has 2 aliphatic rings. The topological polar surface area (TPSA) is 46.3 Å². The molecule has 0 heterocycles. The van der Waals surface area contributed by atoms with Crippen LogP contribution in [0.15, 0.2) is 0 Å². The highest BCUT2D eigenvalue weighted by molar-refractivity contribution is 7.80. The summed E-state index contributed by atoms with van der Waals surface area (Å²) in [7, 11) is 1.92. The molecule has 108 valence electrons. The van der Waals surface area contributed by atoms with Crippen LogP contribution < -0.4 is 5.73 Å². The summed E-state index contributed by atoms with van der Waals surface area (Å²) in [6, 6.07) is 0. The van der Waals surface area contributed by atoms with Gasteiger partial charge in [-0.1, -0.05) is 44.3 Å². The van der Waals surface area contributed by atoms with E-state index >= 15 is 0 Å². The third kappa shape index (κ3) is 3.10. The molecule has 0 atom stereocenters. The number of carbonyl (C=O) groups excluding carboxylic acids is 1. The first-order chi connectivity index (χ1) is 9.06. The Hall–Kier alpha value is -0.640. The molecule has 2 aliphatic carbocycles. The number of carbonyl (C=O) groups is 1. The van der Waals surface area contributed by atoms with Crippen molar-refractivity contribution < 1.29 is 4.79 Å². The van der Waals surface area contributed by atoms with Crippen LogP contribution in [-0.4, -0.2) is 29.4 Å². The first-order valence-electron chi connectivity index (χ1n) is 7.62. The standard InChI is InChI=1S/C15H26N2OS/c1-17(11-12-7-6-8-12)14(18)15(13(16)19)9-4-2-3-5-10-15/h12H,2-11H2,1H3,(H2,16,19). The second kappa shape index (κ2) is 6.21. The van der Waals surface area contributed by atoms with Crippen molar-refractivity contribution in [3.05, 3.63) is 0 Å². The van der Waals surface area contributed by atoms with E-state index in [0.29, 0.717) is 10.9 Å². The van der Waals surface area contributed by atoms with E-state index in [4.69, 9.17) is 18.0 Å². The van der Waals surface area contributed by atoms with E-state index in [9.17, 15) is 4.79 Å². The van der Waals surface area contributed by atoms with E-state index in [0.717, 1.165) is 32.2 Å². The first-order valence-corrected chi connectivity index (χ1v) is 8.02. The van der Waals surface area contributed by atoms with Gasteiger partial charge < -0.3 is 10.6 Å². The average Bonchev–Trinajstić information content (AvgIpc) is 2.59. The zero-order valence-electron chi connectivity index (χ0n) is 12.0. The van der Waals surface area contributed by atoms with Gasteiger partial charge in [0.2, 0.25) is 5.91 Å². The molecule has 2 saturated carbocycles. The van der Waals surface area contributed by atoms with Crippen LogP contribution in [0.5, 0.6) is 0 Å². The zero-order valence-corrected chi connectivity index (χ0v) is 12.8. The van der Waals surface area contributed by atoms with Gasteiger partial charge in [-0.3, -0.25) is 4.79 Å². The summed E-state index contributed by atoms with van der Waals surface area (Å²) in [4.78, 5) is 15.2. The van der Waals surface area contributed by atoms with Crippen LogP contribution in [0.3, 0.4) is 0 Å². The summed E-state index contributed by atoms with van der Waals surface area (Å²) in [5.74, 6) is 0.872. The quantitative estimate of drug-likeness (QED) is 0.637. The van der Waals surface area contributed by atoms with E-state index in [1.165, 1.54) is 32.1 Å². The SMILES string of the molecule is CN(CC1CCC1)C(=O)C1(C(N)=S)CCCCCC1. The number of thiocarbonyl (C=S) groups is 1. The minimum absolute atomic E-state index is 0.175. The van der Waals surface area contributed by atoms with Gasteiger partial charge in [-0.05, 0) is 31.6 Å². The Kier molecular flexibility index (Phi) is 4.82. The Labute approximate surface area is 121 Å². The van der Waals surface area contributed by atoms with Gasteiger partial charge in [0.25, 0.3) is 0 Å². The molecule has 2 rings (SSSR count). The minimum atomic E-state index is -0.551. The maximum absolute atomic E-state index is 12.8. The van der Waals surface area contributed by atoms with Crippen molar-refractivity contribution in [2.75, 3.05) is 13.6 Å². The van der Waals surface area contributed by atoms with E-state index in [2.05, 4.69) is 0 Å². The van der Waals surface area contributed by atoms with Gasteiger partial charge >= 0.3 is 0 Å². The highest BCUT2D eigenvalue weighted by Gasteiger charge is 2.43. The van der Waals surface area contributed by atoms with Gasteiger partial charge in [0, 0.05) is 13.6 Å². The second-order valence-electron chi connectivity index (χ2n) is 6.34. The molecule has 3 nitrogen and oxygen atoms in total. The monoisotopic (exact) mass is 282 g/mol. The van der Waals surface area contributed by atoms with Crippen molar-refractivity contribution in [1.29, 1.82) is 0 Å². The van der Waals surface area contributed by atoms with Gasteiger partial charge in [-0.15, -0.1) is 0 Å². The maximum atomic E-state index is 12.8. The summed E-state index contributed by atoms with van der Waals surface area (Å²) in [5.41, 5.74) is 5.42. The highest BCUT2D eigenvalue weighted by Crippen LogP contribution is 2.38. The summed E-state index contributed by atoms with van der Waals surface area (Å²) >= 11 is 5.27. The average molecular weight is 282 g/mol. The second-order valence-corrected chi connectivity index (χ2v) is 6.78. The molecule has 0 aliphatic heterocycles. The smallest absolute Gasteiger partial charge is 0.235 e. The largest absolute Gasteiger partial charge is 0.392 e. The summed E-state index contributed by atoms with van der Waals surface area (Å²) in [6.07, 6.45) is 10.1. The van der Waals surface area contributed by atoms with E-state index in [1.807, 2.05) is 11.9 Å². The molecular weight excluding hydrogens is 256 g/mol. The zero-order chi connectivity index (χ0) is 13.9. The molecule has 4 heteroatoms. The summed E-state index contributed by atoms with van der Waals surface area (Å²) < 4.78 is 0. The normalized spacial score (nSPS) is 23.2. The third-order valence-electron chi connectivity index (χ3n) is 4.94. The number of hydrogen-bond acceptors (Lipinski definition) is 2. The van der Waals surface area contributed by atoms with Gasteiger partial charge in [-0.2, -0.15) is 0 Å². The van der Waals surface area contributed by atoms with Gasteiger partial charge in [0.1, 0.15) is 0 Å². The van der Waals surface area contributed by atoms with Crippen molar-refractivity contribution in [3.8, 4) is 0 Å². The number of amides is 1. The molecule has 1 amide bonds. The molecule has 0 saturated heterocycles. The van der Waals surface area contributed by atoms with Crippen molar-refractivity contribution in [3.63, 3.8) is 0 Å². The van der Waals surface area contributed by atoms with Crippen LogP contribution in [0.1, 0.15) is 57.8 Å². The van der Waals surface area contributed by atoms with Gasteiger partial charge in [0.05, 0.1) is 10.4 Å². The third-order valence-corrected chi connectivity index (χ3v) is 5.33. The molecule has 0 spiro atoms. The molecule has 2 fully saturated rings. The lowest BCUT2D eigenvalue weighted by molar-refractivity contribution is -0.138. The molecule has 0 unspecified atom stereocenters. The van der Waals surface area contributed by atoms with Crippen LogP contribution in [0, 0.1) is 11.3 Å². The molecule has 0 aromatic carbocycles. The molecule has 2 N–H and O–H groups in total. The molecule has 0 aromatic rings. The molecule has 0 bridgehead atoms. The summed E-state index contributed by atoms with van der Waals surface area (Å²) in [6.45, 7) is 0.878. The lowest BCUT2D eigenvalue weighted by Crippen LogP contribution is -2.50. The van der Waals surface area contributed by atoms with E-state index in [-0.39, 0.29) is 5.91 Å². The van der Waals surface area contributed by atoms with E-state index in [1.54, 1.807) is 0 Å². The number of rotatable bonds is 4. The predicted octanol–water partition coefficient (Wildman–Crippen LogP) is 2.87. The van der Waals surface area contributed by atoms with Crippen LogP contribution in [0.4, 0.5) is 0 Å². The first kappa shape index (κ1) is 14.8.